The minimum Gasteiger partial charge on any atom is -0.206 e. The summed E-state index contributed by atoms with van der Waals surface area (Å²) < 4.78 is 12.7. The van der Waals surface area contributed by atoms with Gasteiger partial charge in [-0.1, -0.05) is 12.0 Å². The molecule has 0 saturated heterocycles. The van der Waals surface area contributed by atoms with Crippen LogP contribution in [0.1, 0.15) is 11.1 Å². The van der Waals surface area contributed by atoms with E-state index >= 15 is 0 Å². The zero-order chi connectivity index (χ0) is 8.27. The van der Waals surface area contributed by atoms with Crippen molar-refractivity contribution in [3.63, 3.8) is 0 Å². The number of rotatable bonds is 0. The fraction of sp³-hybridized carbons (Fsp3) is 0. The highest BCUT2D eigenvalue weighted by Crippen LogP contribution is 2.10. The fourth-order valence-electron chi connectivity index (χ4n) is 0.764. The first-order chi connectivity index (χ1) is 5.29. The van der Waals surface area contributed by atoms with Crippen molar-refractivity contribution < 1.29 is 4.39 Å². The number of terminal acetylenes is 1. The van der Waals surface area contributed by atoms with E-state index in [1.54, 1.807) is 6.07 Å². The highest BCUT2D eigenvalue weighted by atomic mass is 19.1. The second kappa shape index (κ2) is 2.86. The normalized spacial score (nSPS) is 8.27. The number of nitriles is 1. The lowest BCUT2D eigenvalue weighted by atomic mass is 10.1. The van der Waals surface area contributed by atoms with Gasteiger partial charge in [-0.2, -0.15) is 5.26 Å². The van der Waals surface area contributed by atoms with E-state index in [-0.39, 0.29) is 11.1 Å². The molecular formula is C9H4FN. The van der Waals surface area contributed by atoms with Crippen molar-refractivity contribution in [1.29, 1.82) is 5.26 Å². The van der Waals surface area contributed by atoms with E-state index < -0.39 is 5.82 Å². The third kappa shape index (κ3) is 1.20. The van der Waals surface area contributed by atoms with Crippen LogP contribution >= 0.6 is 0 Å². The van der Waals surface area contributed by atoms with Crippen molar-refractivity contribution in [1.82, 2.24) is 0 Å². The van der Waals surface area contributed by atoms with Crippen LogP contribution in [0.3, 0.4) is 0 Å². The average Bonchev–Trinajstić information content (AvgIpc) is 2.04. The van der Waals surface area contributed by atoms with Crippen molar-refractivity contribution in [3.8, 4) is 18.4 Å². The minimum atomic E-state index is -0.522. The molecule has 0 unspecified atom stereocenters. The molecule has 0 atom stereocenters. The molecule has 0 aliphatic heterocycles. The molecule has 2 heteroatoms. The summed E-state index contributed by atoms with van der Waals surface area (Å²) in [6.45, 7) is 0. The zero-order valence-corrected chi connectivity index (χ0v) is 5.63. The van der Waals surface area contributed by atoms with Crippen molar-refractivity contribution in [2.75, 3.05) is 0 Å². The Bertz CT molecular complexity index is 355. The standard InChI is InChI=1S/C9H4FN/c1-2-8-7(6-11)4-3-5-9(8)10/h1,3-5H. The second-order valence-electron chi connectivity index (χ2n) is 1.92. The predicted octanol–water partition coefficient (Wildman–Crippen LogP) is 1.68. The largest absolute Gasteiger partial charge is 0.206 e. The van der Waals surface area contributed by atoms with Gasteiger partial charge in [-0.3, -0.25) is 0 Å². The average molecular weight is 145 g/mol. The van der Waals surface area contributed by atoms with Gasteiger partial charge in [0.1, 0.15) is 11.9 Å². The van der Waals surface area contributed by atoms with E-state index in [1.165, 1.54) is 18.2 Å². The Kier molecular flexibility index (Phi) is 1.90. The third-order valence-corrected chi connectivity index (χ3v) is 1.28. The SMILES string of the molecule is C#Cc1c(F)cccc1C#N. The summed E-state index contributed by atoms with van der Waals surface area (Å²) in [5, 5.41) is 8.46. The monoisotopic (exact) mass is 145 g/mol. The molecule has 1 nitrogen and oxygen atoms in total. The highest BCUT2D eigenvalue weighted by molar-refractivity contribution is 5.47. The van der Waals surface area contributed by atoms with Gasteiger partial charge in [0.25, 0.3) is 0 Å². The van der Waals surface area contributed by atoms with Crippen molar-refractivity contribution in [3.05, 3.63) is 35.1 Å². The van der Waals surface area contributed by atoms with Gasteiger partial charge in [0.05, 0.1) is 11.1 Å². The van der Waals surface area contributed by atoms with Crippen LogP contribution in [0.4, 0.5) is 4.39 Å². The first-order valence-electron chi connectivity index (χ1n) is 2.95. The van der Waals surface area contributed by atoms with Crippen LogP contribution in [0.15, 0.2) is 18.2 Å². The number of hydrogen-bond donors (Lipinski definition) is 0. The van der Waals surface area contributed by atoms with Crippen molar-refractivity contribution in [2.45, 2.75) is 0 Å². The van der Waals surface area contributed by atoms with Gasteiger partial charge in [0.2, 0.25) is 0 Å². The number of nitrogens with zero attached hydrogens (tertiary/aromatic N) is 1. The Hall–Kier alpha value is -1.80. The fourth-order valence-corrected chi connectivity index (χ4v) is 0.764. The first kappa shape index (κ1) is 7.31. The maximum Gasteiger partial charge on any atom is 0.140 e. The molecule has 1 rings (SSSR count). The van der Waals surface area contributed by atoms with E-state index in [0.717, 1.165) is 0 Å². The van der Waals surface area contributed by atoms with E-state index in [0.29, 0.717) is 0 Å². The summed E-state index contributed by atoms with van der Waals surface area (Å²) in [6.07, 6.45) is 4.99. The molecule has 0 spiro atoms. The summed E-state index contributed by atoms with van der Waals surface area (Å²) in [5.41, 5.74) is 0.238. The summed E-state index contributed by atoms with van der Waals surface area (Å²) in [5.74, 6) is 1.60. The molecule has 0 heterocycles. The van der Waals surface area contributed by atoms with Gasteiger partial charge in [-0.15, -0.1) is 6.42 Å². The Morgan fingerprint density at radius 1 is 1.45 bits per heavy atom. The van der Waals surface area contributed by atoms with Crippen LogP contribution in [0, 0.1) is 29.5 Å². The number of halogens is 1. The highest BCUT2D eigenvalue weighted by Gasteiger charge is 2.03. The summed E-state index contributed by atoms with van der Waals surface area (Å²) >= 11 is 0. The second-order valence-corrected chi connectivity index (χ2v) is 1.92. The van der Waals surface area contributed by atoms with Crippen LogP contribution in [-0.4, -0.2) is 0 Å². The maximum absolute atomic E-state index is 12.7. The predicted molar refractivity (Wildman–Crippen MR) is 39.1 cm³/mol. The van der Waals surface area contributed by atoms with Crippen LogP contribution in [-0.2, 0) is 0 Å². The van der Waals surface area contributed by atoms with E-state index in [9.17, 15) is 4.39 Å². The Labute approximate surface area is 64.1 Å². The smallest absolute Gasteiger partial charge is 0.140 e. The molecule has 0 fully saturated rings. The van der Waals surface area contributed by atoms with Gasteiger partial charge in [0, 0.05) is 0 Å². The number of hydrogen-bond acceptors (Lipinski definition) is 1. The Morgan fingerprint density at radius 3 is 2.64 bits per heavy atom. The molecule has 0 aliphatic rings. The molecule has 1 aromatic rings. The van der Waals surface area contributed by atoms with E-state index in [4.69, 9.17) is 11.7 Å². The third-order valence-electron chi connectivity index (χ3n) is 1.28. The molecule has 0 N–H and O–H groups in total. The van der Waals surface area contributed by atoms with E-state index in [2.05, 4.69) is 5.92 Å². The van der Waals surface area contributed by atoms with Gasteiger partial charge in [0.15, 0.2) is 0 Å². The number of benzene rings is 1. The molecule has 0 aliphatic carbocycles. The van der Waals surface area contributed by atoms with Crippen LogP contribution in [0.25, 0.3) is 0 Å². The molecular weight excluding hydrogens is 141 g/mol. The van der Waals surface area contributed by atoms with Gasteiger partial charge in [-0.05, 0) is 12.1 Å². The van der Waals surface area contributed by atoms with E-state index in [1.807, 2.05) is 0 Å². The lowest BCUT2D eigenvalue weighted by Crippen LogP contribution is -1.87. The molecule has 0 saturated carbocycles. The van der Waals surface area contributed by atoms with Crippen LogP contribution in [0.2, 0.25) is 0 Å². The molecule has 0 radical (unpaired) electrons. The van der Waals surface area contributed by atoms with Gasteiger partial charge in [-0.25, -0.2) is 4.39 Å². The molecule has 0 aromatic heterocycles. The molecule has 11 heavy (non-hydrogen) atoms. The summed E-state index contributed by atoms with van der Waals surface area (Å²) in [6, 6.07) is 5.97. The lowest BCUT2D eigenvalue weighted by Gasteiger charge is -1.94. The van der Waals surface area contributed by atoms with Crippen molar-refractivity contribution in [2.24, 2.45) is 0 Å². The molecule has 52 valence electrons. The van der Waals surface area contributed by atoms with Crippen LogP contribution in [0.5, 0.6) is 0 Å². The van der Waals surface area contributed by atoms with Gasteiger partial charge >= 0.3 is 0 Å². The van der Waals surface area contributed by atoms with Gasteiger partial charge < -0.3 is 0 Å². The lowest BCUT2D eigenvalue weighted by molar-refractivity contribution is 0.624. The molecule has 0 amide bonds. The zero-order valence-electron chi connectivity index (χ0n) is 5.63. The Morgan fingerprint density at radius 2 is 2.18 bits per heavy atom. The summed E-state index contributed by atoms with van der Waals surface area (Å²) in [7, 11) is 0. The summed E-state index contributed by atoms with van der Waals surface area (Å²) in [4.78, 5) is 0. The first-order valence-corrected chi connectivity index (χ1v) is 2.95. The van der Waals surface area contributed by atoms with Crippen molar-refractivity contribution >= 4 is 0 Å². The van der Waals surface area contributed by atoms with Crippen LogP contribution < -0.4 is 0 Å². The Balaban J connectivity index is 3.42. The maximum atomic E-state index is 12.7. The molecule has 0 bridgehead atoms. The minimum absolute atomic E-state index is 0.0370. The topological polar surface area (TPSA) is 23.8 Å². The quantitative estimate of drug-likeness (QED) is 0.509. The molecule has 1 aromatic carbocycles.